The standard InChI is InChI=1S/C19H17N3O3/c1-2-25-18(24)12-5-14-3-6-15(7-4-14)19-20-13-22(21-19)16-8-10-17(23)11-9-16/h3-13,23H,2H2,1H3/b12-5+. The molecule has 0 aliphatic carbocycles. The van der Waals surface area contributed by atoms with Crippen molar-refractivity contribution in [3.05, 3.63) is 66.5 Å². The van der Waals surface area contributed by atoms with Gasteiger partial charge in [-0.2, -0.15) is 0 Å². The molecule has 0 aliphatic heterocycles. The van der Waals surface area contributed by atoms with Gasteiger partial charge in [-0.15, -0.1) is 5.10 Å². The number of hydrogen-bond acceptors (Lipinski definition) is 5. The lowest BCUT2D eigenvalue weighted by atomic mass is 10.1. The number of carbonyl (C=O) groups excluding carboxylic acids is 1. The highest BCUT2D eigenvalue weighted by molar-refractivity contribution is 5.87. The second kappa shape index (κ2) is 7.44. The first kappa shape index (κ1) is 16.4. The molecule has 25 heavy (non-hydrogen) atoms. The van der Waals surface area contributed by atoms with Gasteiger partial charge in [0.25, 0.3) is 0 Å². The van der Waals surface area contributed by atoms with E-state index in [9.17, 15) is 9.90 Å². The van der Waals surface area contributed by atoms with Crippen LogP contribution in [0.5, 0.6) is 5.75 Å². The van der Waals surface area contributed by atoms with Crippen molar-refractivity contribution in [2.45, 2.75) is 6.92 Å². The van der Waals surface area contributed by atoms with Crippen LogP contribution in [0, 0.1) is 0 Å². The Morgan fingerprint density at radius 2 is 1.88 bits per heavy atom. The van der Waals surface area contributed by atoms with E-state index in [0.29, 0.717) is 12.4 Å². The minimum absolute atomic E-state index is 0.204. The van der Waals surface area contributed by atoms with Crippen LogP contribution >= 0.6 is 0 Å². The molecule has 0 spiro atoms. The third-order valence-corrected chi connectivity index (χ3v) is 3.47. The summed E-state index contributed by atoms with van der Waals surface area (Å²) in [5, 5.41) is 13.8. The molecule has 0 unspecified atom stereocenters. The molecule has 1 N–H and O–H groups in total. The zero-order valence-electron chi connectivity index (χ0n) is 13.7. The fourth-order valence-corrected chi connectivity index (χ4v) is 2.22. The van der Waals surface area contributed by atoms with E-state index >= 15 is 0 Å². The molecule has 126 valence electrons. The van der Waals surface area contributed by atoms with E-state index in [0.717, 1.165) is 16.8 Å². The Hall–Kier alpha value is -3.41. The monoisotopic (exact) mass is 335 g/mol. The Bertz CT molecular complexity index is 881. The molecule has 2 aromatic carbocycles. The molecule has 0 bridgehead atoms. The van der Waals surface area contributed by atoms with Crippen LogP contribution in [0.25, 0.3) is 23.2 Å². The fourth-order valence-electron chi connectivity index (χ4n) is 2.22. The minimum Gasteiger partial charge on any atom is -0.508 e. The molecular weight excluding hydrogens is 318 g/mol. The highest BCUT2D eigenvalue weighted by Gasteiger charge is 2.05. The van der Waals surface area contributed by atoms with Crippen molar-refractivity contribution in [3.63, 3.8) is 0 Å². The van der Waals surface area contributed by atoms with Crippen LogP contribution in [0.1, 0.15) is 12.5 Å². The van der Waals surface area contributed by atoms with Crippen molar-refractivity contribution in [1.29, 1.82) is 0 Å². The third kappa shape index (κ3) is 4.11. The summed E-state index contributed by atoms with van der Waals surface area (Å²) >= 11 is 0. The van der Waals surface area contributed by atoms with Crippen molar-refractivity contribution in [2.24, 2.45) is 0 Å². The van der Waals surface area contributed by atoms with Crippen molar-refractivity contribution in [2.75, 3.05) is 6.61 Å². The molecule has 3 rings (SSSR count). The fraction of sp³-hybridized carbons (Fsp3) is 0.105. The molecule has 0 atom stereocenters. The molecule has 6 heteroatoms. The van der Waals surface area contributed by atoms with Gasteiger partial charge in [0.1, 0.15) is 12.1 Å². The molecule has 6 nitrogen and oxygen atoms in total. The summed E-state index contributed by atoms with van der Waals surface area (Å²) in [6.07, 6.45) is 4.72. The second-order valence-electron chi connectivity index (χ2n) is 5.24. The van der Waals surface area contributed by atoms with Crippen LogP contribution in [-0.2, 0) is 9.53 Å². The summed E-state index contributed by atoms with van der Waals surface area (Å²) in [6, 6.07) is 14.3. The molecule has 0 aliphatic rings. The highest BCUT2D eigenvalue weighted by Crippen LogP contribution is 2.18. The first-order valence-electron chi connectivity index (χ1n) is 7.82. The zero-order chi connectivity index (χ0) is 17.6. The maximum Gasteiger partial charge on any atom is 0.330 e. The summed E-state index contributed by atoms with van der Waals surface area (Å²) < 4.78 is 6.49. The van der Waals surface area contributed by atoms with Crippen LogP contribution in [0.15, 0.2) is 60.9 Å². The Morgan fingerprint density at radius 3 is 2.56 bits per heavy atom. The molecule has 0 fully saturated rings. The second-order valence-corrected chi connectivity index (χ2v) is 5.24. The first-order chi connectivity index (χ1) is 12.2. The molecule has 0 radical (unpaired) electrons. The van der Waals surface area contributed by atoms with Gasteiger partial charge in [0.05, 0.1) is 12.3 Å². The average Bonchev–Trinajstić information content (AvgIpc) is 3.11. The lowest BCUT2D eigenvalue weighted by Gasteiger charge is -2.00. The molecule has 1 heterocycles. The van der Waals surface area contributed by atoms with Gasteiger partial charge in [-0.1, -0.05) is 24.3 Å². The van der Waals surface area contributed by atoms with Gasteiger partial charge in [-0.25, -0.2) is 14.5 Å². The lowest BCUT2D eigenvalue weighted by Crippen LogP contribution is -1.98. The number of carbonyl (C=O) groups is 1. The number of aromatic nitrogens is 3. The van der Waals surface area contributed by atoms with Crippen LogP contribution < -0.4 is 0 Å². The summed E-state index contributed by atoms with van der Waals surface area (Å²) in [5.41, 5.74) is 2.56. The summed E-state index contributed by atoms with van der Waals surface area (Å²) in [6.45, 7) is 2.13. The molecule has 0 amide bonds. The number of nitrogens with zero attached hydrogens (tertiary/aromatic N) is 3. The lowest BCUT2D eigenvalue weighted by molar-refractivity contribution is -0.137. The van der Waals surface area contributed by atoms with Crippen molar-refractivity contribution in [3.8, 4) is 22.8 Å². The summed E-state index contributed by atoms with van der Waals surface area (Å²) in [5.74, 6) is 0.436. The highest BCUT2D eigenvalue weighted by atomic mass is 16.5. The van der Waals surface area contributed by atoms with E-state index < -0.39 is 0 Å². The minimum atomic E-state index is -0.360. The van der Waals surface area contributed by atoms with Crippen molar-refractivity contribution >= 4 is 12.0 Å². The van der Waals surface area contributed by atoms with Crippen LogP contribution in [-0.4, -0.2) is 32.4 Å². The number of rotatable bonds is 5. The molecule has 0 saturated carbocycles. The van der Waals surface area contributed by atoms with Gasteiger partial charge < -0.3 is 9.84 Å². The number of esters is 1. The van der Waals surface area contributed by atoms with Gasteiger partial charge in [0, 0.05) is 11.6 Å². The maximum absolute atomic E-state index is 11.3. The number of benzene rings is 2. The predicted octanol–water partition coefficient (Wildman–Crippen LogP) is 3.22. The SMILES string of the molecule is CCOC(=O)/C=C/c1ccc(-c2ncn(-c3ccc(O)cc3)n2)cc1. The Balaban J connectivity index is 1.74. The maximum atomic E-state index is 11.3. The molecule has 1 aromatic heterocycles. The summed E-state index contributed by atoms with van der Waals surface area (Å²) in [7, 11) is 0. The molecule has 3 aromatic rings. The third-order valence-electron chi connectivity index (χ3n) is 3.47. The van der Waals surface area contributed by atoms with E-state index in [1.165, 1.54) is 6.08 Å². The van der Waals surface area contributed by atoms with Gasteiger partial charge >= 0.3 is 5.97 Å². The van der Waals surface area contributed by atoms with Gasteiger partial charge in [0.15, 0.2) is 5.82 Å². The van der Waals surface area contributed by atoms with E-state index in [1.54, 1.807) is 48.3 Å². The summed E-state index contributed by atoms with van der Waals surface area (Å²) in [4.78, 5) is 15.6. The topological polar surface area (TPSA) is 77.2 Å². The molecule has 0 saturated heterocycles. The zero-order valence-corrected chi connectivity index (χ0v) is 13.7. The van der Waals surface area contributed by atoms with Crippen molar-refractivity contribution in [1.82, 2.24) is 14.8 Å². The van der Waals surface area contributed by atoms with Crippen molar-refractivity contribution < 1.29 is 14.6 Å². The van der Waals surface area contributed by atoms with Crippen LogP contribution in [0.3, 0.4) is 0 Å². The quantitative estimate of drug-likeness (QED) is 0.572. The van der Waals surface area contributed by atoms with Gasteiger partial charge in [-0.05, 0) is 42.8 Å². The van der Waals surface area contributed by atoms with Crippen LogP contribution in [0.2, 0.25) is 0 Å². The van der Waals surface area contributed by atoms with E-state index in [2.05, 4.69) is 10.1 Å². The Labute approximate surface area is 145 Å². The average molecular weight is 335 g/mol. The normalized spacial score (nSPS) is 10.9. The Morgan fingerprint density at radius 1 is 1.16 bits per heavy atom. The van der Waals surface area contributed by atoms with Gasteiger partial charge in [0.2, 0.25) is 0 Å². The smallest absolute Gasteiger partial charge is 0.330 e. The predicted molar refractivity (Wildman–Crippen MR) is 94.1 cm³/mol. The molecular formula is C19H17N3O3. The number of aromatic hydroxyl groups is 1. The van der Waals surface area contributed by atoms with E-state index in [-0.39, 0.29) is 11.7 Å². The van der Waals surface area contributed by atoms with Crippen LogP contribution in [0.4, 0.5) is 0 Å². The number of phenolic OH excluding ortho intramolecular Hbond substituents is 1. The van der Waals surface area contributed by atoms with E-state index in [1.807, 2.05) is 24.3 Å². The Kier molecular flexibility index (Phi) is 4.89. The van der Waals surface area contributed by atoms with Gasteiger partial charge in [-0.3, -0.25) is 0 Å². The first-order valence-corrected chi connectivity index (χ1v) is 7.82. The number of hydrogen-bond donors (Lipinski definition) is 1. The number of phenols is 1. The van der Waals surface area contributed by atoms with E-state index in [4.69, 9.17) is 4.74 Å². The largest absolute Gasteiger partial charge is 0.508 e. The number of ether oxygens (including phenoxy) is 1.